The first kappa shape index (κ1) is 21.1. The molecule has 0 saturated carbocycles. The molecule has 154 valence electrons. The number of urea groups is 1. The summed E-state index contributed by atoms with van der Waals surface area (Å²) in [4.78, 5) is 39.0. The van der Waals surface area contributed by atoms with Gasteiger partial charge < -0.3 is 25.2 Å². The monoisotopic (exact) mass is 394 g/mol. The predicted octanol–water partition coefficient (Wildman–Crippen LogP) is 1.46. The molecule has 0 bridgehead atoms. The Morgan fingerprint density at radius 3 is 2.37 bits per heavy atom. The van der Waals surface area contributed by atoms with E-state index in [9.17, 15) is 27.6 Å². The summed E-state index contributed by atoms with van der Waals surface area (Å²) in [5.41, 5.74) is 0. The van der Waals surface area contributed by atoms with Crippen LogP contribution in [-0.4, -0.2) is 78.9 Å². The van der Waals surface area contributed by atoms with Crippen molar-refractivity contribution < 1.29 is 32.3 Å². The van der Waals surface area contributed by atoms with Gasteiger partial charge in [0.2, 0.25) is 5.91 Å². The average Bonchev–Trinajstić information content (AvgIpc) is 3.10. The van der Waals surface area contributed by atoms with E-state index in [1.54, 1.807) is 11.8 Å². The molecule has 0 aromatic carbocycles. The van der Waals surface area contributed by atoms with Crippen molar-refractivity contribution in [2.45, 2.75) is 50.9 Å². The summed E-state index contributed by atoms with van der Waals surface area (Å²) in [5.74, 6) is -0.794. The van der Waals surface area contributed by atoms with Gasteiger partial charge in [0.25, 0.3) is 0 Å². The van der Waals surface area contributed by atoms with Crippen LogP contribution >= 0.6 is 0 Å². The maximum atomic E-state index is 12.5. The van der Waals surface area contributed by atoms with Gasteiger partial charge in [0, 0.05) is 25.7 Å². The molecule has 0 spiro atoms. The molecule has 8 nitrogen and oxygen atoms in total. The molecule has 1 atom stereocenters. The van der Waals surface area contributed by atoms with Crippen LogP contribution in [-0.2, 0) is 9.53 Å². The van der Waals surface area contributed by atoms with Gasteiger partial charge in [-0.3, -0.25) is 4.79 Å². The van der Waals surface area contributed by atoms with Crippen molar-refractivity contribution >= 4 is 18.0 Å². The van der Waals surface area contributed by atoms with E-state index in [0.717, 1.165) is 0 Å². The van der Waals surface area contributed by atoms with Gasteiger partial charge >= 0.3 is 18.3 Å². The molecule has 1 unspecified atom stereocenters. The van der Waals surface area contributed by atoms with Crippen LogP contribution in [0, 0.1) is 0 Å². The lowest BCUT2D eigenvalue weighted by Crippen LogP contribution is -2.54. The third-order valence-electron chi connectivity index (χ3n) is 4.63. The molecule has 0 aromatic heterocycles. The van der Waals surface area contributed by atoms with E-state index in [4.69, 9.17) is 4.74 Å². The summed E-state index contributed by atoms with van der Waals surface area (Å²) < 4.78 is 41.7. The van der Waals surface area contributed by atoms with E-state index in [0.29, 0.717) is 51.9 Å². The fourth-order valence-corrected chi connectivity index (χ4v) is 3.27. The molecule has 2 rings (SSSR count). The average molecular weight is 394 g/mol. The largest absolute Gasteiger partial charge is 0.450 e. The van der Waals surface area contributed by atoms with Crippen LogP contribution in [0.15, 0.2) is 0 Å². The molecular formula is C16H25F3N4O4. The molecular weight excluding hydrogens is 369 g/mol. The first-order valence-electron chi connectivity index (χ1n) is 9.04. The van der Waals surface area contributed by atoms with E-state index < -0.39 is 30.7 Å². The normalized spacial score (nSPS) is 21.1. The minimum Gasteiger partial charge on any atom is -0.450 e. The summed E-state index contributed by atoms with van der Waals surface area (Å²) in [5, 5.41) is 4.66. The first-order valence-corrected chi connectivity index (χ1v) is 9.04. The minimum atomic E-state index is -4.49. The van der Waals surface area contributed by atoms with Crippen molar-refractivity contribution in [1.29, 1.82) is 0 Å². The number of halogens is 3. The van der Waals surface area contributed by atoms with Crippen molar-refractivity contribution in [2.75, 3.05) is 32.8 Å². The minimum absolute atomic E-state index is 0.164. The molecule has 4 amide bonds. The van der Waals surface area contributed by atoms with Crippen molar-refractivity contribution in [1.82, 2.24) is 20.4 Å². The number of piperidine rings is 1. The number of amides is 4. The molecule has 2 aliphatic rings. The van der Waals surface area contributed by atoms with Gasteiger partial charge in [-0.15, -0.1) is 0 Å². The van der Waals surface area contributed by atoms with Crippen LogP contribution < -0.4 is 10.6 Å². The van der Waals surface area contributed by atoms with Gasteiger partial charge in [0.1, 0.15) is 12.6 Å². The summed E-state index contributed by atoms with van der Waals surface area (Å²) in [6.07, 6.45) is -2.90. The molecule has 2 N–H and O–H groups in total. The topological polar surface area (TPSA) is 91.0 Å². The van der Waals surface area contributed by atoms with E-state index in [1.165, 1.54) is 4.90 Å². The van der Waals surface area contributed by atoms with Gasteiger partial charge in [-0.05, 0) is 32.6 Å². The second kappa shape index (κ2) is 9.14. The quantitative estimate of drug-likeness (QED) is 0.755. The highest BCUT2D eigenvalue weighted by Gasteiger charge is 2.37. The van der Waals surface area contributed by atoms with Gasteiger partial charge in [-0.1, -0.05) is 0 Å². The number of carbonyl (C=O) groups is 3. The Morgan fingerprint density at radius 1 is 1.11 bits per heavy atom. The lowest BCUT2D eigenvalue weighted by atomic mass is 10.1. The highest BCUT2D eigenvalue weighted by atomic mass is 19.4. The highest BCUT2D eigenvalue weighted by molar-refractivity contribution is 5.87. The second-order valence-electron chi connectivity index (χ2n) is 6.59. The molecule has 0 radical (unpaired) electrons. The molecule has 2 heterocycles. The van der Waals surface area contributed by atoms with Gasteiger partial charge in [0.15, 0.2) is 0 Å². The fourth-order valence-electron chi connectivity index (χ4n) is 3.27. The highest BCUT2D eigenvalue weighted by Crippen LogP contribution is 2.20. The maximum absolute atomic E-state index is 12.5. The van der Waals surface area contributed by atoms with Crippen LogP contribution in [0.1, 0.15) is 32.6 Å². The molecule has 2 fully saturated rings. The van der Waals surface area contributed by atoms with Gasteiger partial charge in [-0.2, -0.15) is 13.2 Å². The van der Waals surface area contributed by atoms with Crippen LogP contribution in [0.25, 0.3) is 0 Å². The summed E-state index contributed by atoms with van der Waals surface area (Å²) >= 11 is 0. The van der Waals surface area contributed by atoms with E-state index >= 15 is 0 Å². The maximum Gasteiger partial charge on any atom is 0.409 e. The van der Waals surface area contributed by atoms with Crippen molar-refractivity contribution in [3.8, 4) is 0 Å². The zero-order valence-electron chi connectivity index (χ0n) is 15.2. The van der Waals surface area contributed by atoms with E-state index in [-0.39, 0.29) is 12.1 Å². The molecule has 0 aromatic rings. The molecule has 27 heavy (non-hydrogen) atoms. The van der Waals surface area contributed by atoms with Crippen LogP contribution in [0.2, 0.25) is 0 Å². The Bertz CT molecular complexity index is 550. The Labute approximate surface area is 155 Å². The van der Waals surface area contributed by atoms with Crippen LogP contribution in [0.4, 0.5) is 22.8 Å². The zero-order chi connectivity index (χ0) is 20.0. The Morgan fingerprint density at radius 2 is 1.78 bits per heavy atom. The molecule has 2 saturated heterocycles. The van der Waals surface area contributed by atoms with E-state index in [2.05, 4.69) is 5.32 Å². The number of likely N-dealkylation sites (tertiary alicyclic amines) is 2. The third kappa shape index (κ3) is 6.17. The van der Waals surface area contributed by atoms with Gasteiger partial charge in [-0.25, -0.2) is 9.59 Å². The lowest BCUT2D eigenvalue weighted by Gasteiger charge is -2.33. The second-order valence-corrected chi connectivity index (χ2v) is 6.59. The third-order valence-corrected chi connectivity index (χ3v) is 4.63. The zero-order valence-corrected chi connectivity index (χ0v) is 15.2. The first-order chi connectivity index (χ1) is 12.7. The number of hydrogen-bond donors (Lipinski definition) is 2. The number of carbonyl (C=O) groups excluding carboxylic acids is 3. The van der Waals surface area contributed by atoms with Gasteiger partial charge in [0.05, 0.1) is 6.61 Å². The van der Waals surface area contributed by atoms with Crippen molar-refractivity contribution in [3.05, 3.63) is 0 Å². The Kier molecular flexibility index (Phi) is 7.14. The molecule has 11 heteroatoms. The number of rotatable bonds is 4. The molecule has 2 aliphatic heterocycles. The predicted molar refractivity (Wildman–Crippen MR) is 88.9 cm³/mol. The summed E-state index contributed by atoms with van der Waals surface area (Å²) in [6.45, 7) is 1.81. The number of hydrogen-bond acceptors (Lipinski definition) is 4. The summed E-state index contributed by atoms with van der Waals surface area (Å²) in [6, 6.07) is -1.52. The lowest BCUT2D eigenvalue weighted by molar-refractivity contribution is -0.140. The smallest absolute Gasteiger partial charge is 0.409 e. The van der Waals surface area contributed by atoms with Crippen LogP contribution in [0.5, 0.6) is 0 Å². The standard InChI is InChI=1S/C16H25F3N4O4/c1-2-27-15(26)22-8-5-11(6-9-22)21-14(25)23-7-3-4-12(23)13(24)20-10-16(17,18)19/h11-12H,2-10H2,1H3,(H,20,24)(H,21,25). The Balaban J connectivity index is 1.81. The van der Waals surface area contributed by atoms with Crippen molar-refractivity contribution in [2.24, 2.45) is 0 Å². The number of alkyl halides is 3. The fraction of sp³-hybridized carbons (Fsp3) is 0.812. The molecule has 0 aliphatic carbocycles. The SMILES string of the molecule is CCOC(=O)N1CCC(NC(=O)N2CCCC2C(=O)NCC(F)(F)F)CC1. The number of nitrogens with zero attached hydrogens (tertiary/aromatic N) is 2. The Hall–Kier alpha value is -2.20. The number of ether oxygens (including phenoxy) is 1. The van der Waals surface area contributed by atoms with Crippen LogP contribution in [0.3, 0.4) is 0 Å². The number of nitrogens with one attached hydrogen (secondary N) is 2. The van der Waals surface area contributed by atoms with E-state index in [1.807, 2.05) is 5.32 Å². The van der Waals surface area contributed by atoms with Crippen molar-refractivity contribution in [3.63, 3.8) is 0 Å². The summed E-state index contributed by atoms with van der Waals surface area (Å²) in [7, 11) is 0.